The maximum atomic E-state index is 10.9. The molecule has 0 aromatic carbocycles. The smallest absolute Gasteiger partial charge is 0.294 e. The summed E-state index contributed by atoms with van der Waals surface area (Å²) in [6, 6.07) is -0.0133. The maximum Gasteiger partial charge on any atom is 0.294 e. The Morgan fingerprint density at radius 1 is 1.62 bits per heavy atom. The monoisotopic (exact) mass is 203 g/mol. The topological polar surface area (TPSA) is 66.4 Å². The number of likely N-dealkylation sites (N-methyl/N-ethyl adjacent to an activating group) is 1. The highest BCUT2D eigenvalue weighted by Gasteiger charge is 2.20. The molecule has 1 atom stereocenters. The molecule has 0 saturated heterocycles. The molecule has 0 saturated carbocycles. The van der Waals surface area contributed by atoms with E-state index in [1.165, 1.54) is 6.08 Å². The first-order valence-corrected chi connectivity index (χ1v) is 5.43. The Morgan fingerprint density at radius 3 is 2.69 bits per heavy atom. The van der Waals surface area contributed by atoms with E-state index in [-0.39, 0.29) is 10.9 Å². The average molecular weight is 203 g/mol. The van der Waals surface area contributed by atoms with Gasteiger partial charge in [0.15, 0.2) is 0 Å². The third-order valence-electron chi connectivity index (χ3n) is 2.07. The van der Waals surface area contributed by atoms with Crippen LogP contribution in [0.1, 0.15) is 13.3 Å². The number of hydrogen-bond donors (Lipinski definition) is 2. The molecule has 4 nitrogen and oxygen atoms in total. The summed E-state index contributed by atoms with van der Waals surface area (Å²) in [6.45, 7) is 1.67. The van der Waals surface area contributed by atoms with Crippen molar-refractivity contribution in [2.75, 3.05) is 7.05 Å². The average Bonchev–Trinajstić information content (AvgIpc) is 2.03. The van der Waals surface area contributed by atoms with Gasteiger partial charge in [0.2, 0.25) is 0 Å². The molecule has 5 heteroatoms. The van der Waals surface area contributed by atoms with Gasteiger partial charge in [-0.1, -0.05) is 6.08 Å². The molecule has 1 unspecified atom stereocenters. The van der Waals surface area contributed by atoms with Crippen LogP contribution in [0.4, 0.5) is 0 Å². The van der Waals surface area contributed by atoms with E-state index in [9.17, 15) is 8.42 Å². The molecule has 13 heavy (non-hydrogen) atoms. The summed E-state index contributed by atoms with van der Waals surface area (Å²) in [5, 5.41) is 2.93. The van der Waals surface area contributed by atoms with E-state index in [4.69, 9.17) is 4.55 Å². The molecule has 1 aliphatic carbocycles. The first kappa shape index (κ1) is 10.4. The maximum absolute atomic E-state index is 10.9. The molecule has 74 valence electrons. The Hall–Kier alpha value is -0.650. The Kier molecular flexibility index (Phi) is 2.90. The summed E-state index contributed by atoms with van der Waals surface area (Å²) in [5.41, 5.74) is 0.606. The molecule has 0 aromatic rings. The van der Waals surface area contributed by atoms with Crippen molar-refractivity contribution in [2.45, 2.75) is 19.4 Å². The lowest BCUT2D eigenvalue weighted by Gasteiger charge is -2.17. The fourth-order valence-electron chi connectivity index (χ4n) is 1.28. The van der Waals surface area contributed by atoms with Gasteiger partial charge >= 0.3 is 0 Å². The predicted molar refractivity (Wildman–Crippen MR) is 50.9 cm³/mol. The van der Waals surface area contributed by atoms with E-state index in [0.717, 1.165) is 6.42 Å². The minimum Gasteiger partial charge on any atom is -0.313 e. The van der Waals surface area contributed by atoms with Gasteiger partial charge in [0.05, 0.1) is 4.91 Å². The molecular weight excluding hydrogens is 190 g/mol. The fraction of sp³-hybridized carbons (Fsp3) is 0.500. The van der Waals surface area contributed by atoms with Crippen LogP contribution in [0.25, 0.3) is 0 Å². The highest BCUT2D eigenvalue weighted by molar-refractivity contribution is 7.90. The summed E-state index contributed by atoms with van der Waals surface area (Å²) in [4.78, 5) is 0.0121. The van der Waals surface area contributed by atoms with E-state index in [1.807, 2.05) is 0 Å². The second-order valence-electron chi connectivity index (χ2n) is 3.02. The Bertz CT molecular complexity index is 354. The lowest BCUT2D eigenvalue weighted by molar-refractivity contribution is 0.490. The molecule has 1 rings (SSSR count). The molecular formula is C8H13NO3S. The van der Waals surface area contributed by atoms with Crippen LogP contribution in [0.15, 0.2) is 22.6 Å². The molecule has 0 heterocycles. The SMILES string of the molecule is CNC1C=C(S(=O)(=O)O)C(C)=CC1. The van der Waals surface area contributed by atoms with Gasteiger partial charge in [0, 0.05) is 6.04 Å². The molecule has 2 N–H and O–H groups in total. The van der Waals surface area contributed by atoms with Crippen LogP contribution >= 0.6 is 0 Å². The molecule has 0 bridgehead atoms. The van der Waals surface area contributed by atoms with Crippen LogP contribution in [0.2, 0.25) is 0 Å². The molecule has 0 spiro atoms. The third kappa shape index (κ3) is 2.40. The van der Waals surface area contributed by atoms with Gasteiger partial charge in [-0.05, 0) is 32.0 Å². The van der Waals surface area contributed by atoms with Crippen LogP contribution in [-0.2, 0) is 10.1 Å². The second-order valence-corrected chi connectivity index (χ2v) is 4.41. The van der Waals surface area contributed by atoms with Crippen molar-refractivity contribution < 1.29 is 13.0 Å². The number of hydrogen-bond acceptors (Lipinski definition) is 3. The van der Waals surface area contributed by atoms with Crippen molar-refractivity contribution in [2.24, 2.45) is 0 Å². The van der Waals surface area contributed by atoms with Gasteiger partial charge in [-0.2, -0.15) is 8.42 Å². The van der Waals surface area contributed by atoms with Crippen molar-refractivity contribution >= 4 is 10.1 Å². The van der Waals surface area contributed by atoms with Crippen molar-refractivity contribution in [1.82, 2.24) is 5.32 Å². The van der Waals surface area contributed by atoms with Crippen molar-refractivity contribution in [3.05, 3.63) is 22.6 Å². The van der Waals surface area contributed by atoms with Crippen LogP contribution in [0, 0.1) is 0 Å². The zero-order valence-corrected chi connectivity index (χ0v) is 8.43. The van der Waals surface area contributed by atoms with Crippen LogP contribution in [0.3, 0.4) is 0 Å². The zero-order valence-electron chi connectivity index (χ0n) is 7.61. The van der Waals surface area contributed by atoms with Crippen molar-refractivity contribution in [3.8, 4) is 0 Å². The number of rotatable bonds is 2. The van der Waals surface area contributed by atoms with Crippen molar-refractivity contribution in [1.29, 1.82) is 0 Å². The molecule has 0 amide bonds. The first-order valence-electron chi connectivity index (χ1n) is 3.99. The second kappa shape index (κ2) is 3.61. The standard InChI is InChI=1S/C8H13NO3S/c1-6-3-4-7(9-2)5-8(6)13(10,11)12/h3,5,7,9H,4H2,1-2H3,(H,10,11,12). The fourth-order valence-corrected chi connectivity index (χ4v) is 2.10. The third-order valence-corrected chi connectivity index (χ3v) is 3.08. The molecule has 0 fully saturated rings. The normalized spacial score (nSPS) is 23.8. The highest BCUT2D eigenvalue weighted by Crippen LogP contribution is 2.22. The number of nitrogens with one attached hydrogen (secondary N) is 1. The largest absolute Gasteiger partial charge is 0.313 e. The summed E-state index contributed by atoms with van der Waals surface area (Å²) >= 11 is 0. The van der Waals surface area contributed by atoms with E-state index < -0.39 is 10.1 Å². The highest BCUT2D eigenvalue weighted by atomic mass is 32.2. The van der Waals surface area contributed by atoms with Crippen molar-refractivity contribution in [3.63, 3.8) is 0 Å². The molecule has 0 aromatic heterocycles. The summed E-state index contributed by atoms with van der Waals surface area (Å²) in [7, 11) is -2.32. The van der Waals surface area contributed by atoms with E-state index in [2.05, 4.69) is 5.32 Å². The van der Waals surface area contributed by atoms with Crippen LogP contribution < -0.4 is 5.32 Å². The Balaban J connectivity index is 3.06. The first-order chi connectivity index (χ1) is 5.95. The minimum atomic E-state index is -4.07. The van der Waals surface area contributed by atoms with E-state index in [1.54, 1.807) is 20.0 Å². The van der Waals surface area contributed by atoms with Crippen LogP contribution in [0.5, 0.6) is 0 Å². The molecule has 0 radical (unpaired) electrons. The summed E-state index contributed by atoms with van der Waals surface area (Å²) < 4.78 is 30.6. The summed E-state index contributed by atoms with van der Waals surface area (Å²) in [5.74, 6) is 0. The molecule has 0 aliphatic heterocycles. The van der Waals surface area contributed by atoms with Gasteiger partial charge in [-0.25, -0.2) is 0 Å². The van der Waals surface area contributed by atoms with E-state index >= 15 is 0 Å². The van der Waals surface area contributed by atoms with Gasteiger partial charge in [0.25, 0.3) is 10.1 Å². The van der Waals surface area contributed by atoms with Gasteiger partial charge < -0.3 is 5.32 Å². The lowest BCUT2D eigenvalue weighted by Crippen LogP contribution is -2.25. The molecule has 1 aliphatic rings. The lowest BCUT2D eigenvalue weighted by atomic mass is 10.0. The van der Waals surface area contributed by atoms with Crippen LogP contribution in [-0.4, -0.2) is 26.1 Å². The summed E-state index contributed by atoms with van der Waals surface area (Å²) in [6.07, 6.45) is 4.08. The Morgan fingerprint density at radius 2 is 2.23 bits per heavy atom. The van der Waals surface area contributed by atoms with Gasteiger partial charge in [-0.15, -0.1) is 0 Å². The van der Waals surface area contributed by atoms with Gasteiger partial charge in [-0.3, -0.25) is 4.55 Å². The van der Waals surface area contributed by atoms with E-state index in [0.29, 0.717) is 5.57 Å². The quantitative estimate of drug-likeness (QED) is 0.648. The Labute approximate surface area is 78.1 Å². The number of allylic oxidation sites excluding steroid dienone is 1. The van der Waals surface area contributed by atoms with Gasteiger partial charge in [0.1, 0.15) is 0 Å². The predicted octanol–water partition coefficient (Wildman–Crippen LogP) is 0.696. The minimum absolute atomic E-state index is 0.0121. The zero-order chi connectivity index (χ0) is 10.1.